The summed E-state index contributed by atoms with van der Waals surface area (Å²) in [6.45, 7) is 9.57. The van der Waals surface area contributed by atoms with Gasteiger partial charge in [0.25, 0.3) is 0 Å². The monoisotopic (exact) mass is 443 g/mol. The van der Waals surface area contributed by atoms with Crippen LogP contribution in [0.1, 0.15) is 43.2 Å². The number of rotatable bonds is 4. The summed E-state index contributed by atoms with van der Waals surface area (Å²) < 4.78 is 12.9. The van der Waals surface area contributed by atoms with Crippen molar-refractivity contribution in [1.82, 2.24) is 4.57 Å². The van der Waals surface area contributed by atoms with E-state index in [-0.39, 0.29) is 12.4 Å². The maximum atomic E-state index is 12.6. The summed E-state index contributed by atoms with van der Waals surface area (Å²) in [6, 6.07) is 11.8. The molecule has 0 aliphatic heterocycles. The van der Waals surface area contributed by atoms with Crippen LogP contribution in [0, 0.1) is 13.8 Å². The number of aryl methyl sites for hydroxylation is 1. The van der Waals surface area contributed by atoms with Crippen LogP contribution >= 0.6 is 23.8 Å². The summed E-state index contributed by atoms with van der Waals surface area (Å²) >= 11 is 12.3. The molecule has 2 aromatic carbocycles. The lowest BCUT2D eigenvalue weighted by Crippen LogP contribution is -2.25. The zero-order valence-electron chi connectivity index (χ0n) is 18.1. The van der Waals surface area contributed by atoms with Crippen molar-refractivity contribution in [2.75, 3.05) is 7.11 Å². The Labute approximate surface area is 187 Å². The summed E-state index contributed by atoms with van der Waals surface area (Å²) in [5.41, 5.74) is 4.10. The highest BCUT2D eigenvalue weighted by Crippen LogP contribution is 2.36. The molecule has 158 valence electrons. The molecule has 3 aromatic rings. The molecule has 0 fully saturated rings. The van der Waals surface area contributed by atoms with Gasteiger partial charge in [-0.05, 0) is 52.3 Å². The molecule has 4 nitrogen and oxygen atoms in total. The standard InChI is InChI=1S/C24H26ClNO3S/c1-14-7-9-16(10-8-14)23(30)26-15(2)17(12-22(27)29-24(3,4)5)18-11-21(28-6)19(25)13-20(18)26/h7-11,13H,12H2,1-6H3. The van der Waals surface area contributed by atoms with Crippen LogP contribution in [-0.2, 0) is 16.0 Å². The number of esters is 1. The third-order valence-corrected chi connectivity index (χ3v) is 5.56. The topological polar surface area (TPSA) is 40.5 Å². The van der Waals surface area contributed by atoms with Gasteiger partial charge in [-0.3, -0.25) is 4.79 Å². The van der Waals surface area contributed by atoms with Gasteiger partial charge in [-0.2, -0.15) is 0 Å². The molecule has 0 unspecified atom stereocenters. The van der Waals surface area contributed by atoms with E-state index in [0.717, 1.165) is 33.3 Å². The quantitative estimate of drug-likeness (QED) is 0.364. The van der Waals surface area contributed by atoms with Crippen LogP contribution in [0.4, 0.5) is 0 Å². The average Bonchev–Trinajstić information content (AvgIpc) is 2.90. The summed E-state index contributed by atoms with van der Waals surface area (Å²) in [6.07, 6.45) is 0.133. The number of thiocarbonyl (C=S) groups is 1. The van der Waals surface area contributed by atoms with E-state index >= 15 is 0 Å². The van der Waals surface area contributed by atoms with Crippen LogP contribution in [0.3, 0.4) is 0 Å². The SMILES string of the molecule is COc1cc2c(CC(=O)OC(C)(C)C)c(C)n(C(=S)c3ccc(C)cc3)c2cc1Cl. The molecule has 1 aromatic heterocycles. The minimum Gasteiger partial charge on any atom is -0.495 e. The lowest BCUT2D eigenvalue weighted by atomic mass is 10.1. The number of carbonyl (C=O) groups is 1. The summed E-state index contributed by atoms with van der Waals surface area (Å²) in [5.74, 6) is 0.257. The lowest BCUT2D eigenvalue weighted by Gasteiger charge is -2.19. The first-order valence-corrected chi connectivity index (χ1v) is 10.5. The number of nitrogens with zero attached hydrogens (tertiary/aromatic N) is 1. The van der Waals surface area contributed by atoms with Crippen molar-refractivity contribution in [3.05, 3.63) is 63.8 Å². The van der Waals surface area contributed by atoms with Gasteiger partial charge in [0.2, 0.25) is 0 Å². The Kier molecular flexibility index (Phi) is 6.25. The van der Waals surface area contributed by atoms with Crippen LogP contribution in [0.25, 0.3) is 10.9 Å². The van der Waals surface area contributed by atoms with Crippen LogP contribution < -0.4 is 4.74 Å². The Morgan fingerprint density at radius 1 is 1.13 bits per heavy atom. The van der Waals surface area contributed by atoms with E-state index in [1.165, 1.54) is 0 Å². The van der Waals surface area contributed by atoms with Gasteiger partial charge in [0.05, 0.1) is 24.1 Å². The molecule has 0 saturated heterocycles. The molecule has 0 amide bonds. The number of benzene rings is 2. The molecule has 0 bridgehead atoms. The molecule has 1 heterocycles. The largest absolute Gasteiger partial charge is 0.495 e. The second-order valence-electron chi connectivity index (χ2n) is 8.34. The number of hydrogen-bond donors (Lipinski definition) is 0. The van der Waals surface area contributed by atoms with Crippen LogP contribution in [-0.4, -0.2) is 28.2 Å². The molecule has 0 aliphatic rings. The average molecular weight is 444 g/mol. The molecular formula is C24H26ClNO3S. The number of methoxy groups -OCH3 is 1. The Bertz CT molecular complexity index is 1120. The smallest absolute Gasteiger partial charge is 0.310 e. The third kappa shape index (κ3) is 4.52. The second kappa shape index (κ2) is 8.40. The number of fused-ring (bicyclic) bond motifs is 1. The summed E-state index contributed by atoms with van der Waals surface area (Å²) in [5, 5.41) is 1.35. The fraction of sp³-hybridized carbons (Fsp3) is 0.333. The molecule has 0 N–H and O–H groups in total. The Morgan fingerprint density at radius 2 is 1.77 bits per heavy atom. The minimum atomic E-state index is -0.554. The van der Waals surface area contributed by atoms with Crippen molar-refractivity contribution < 1.29 is 14.3 Å². The van der Waals surface area contributed by atoms with Crippen molar-refractivity contribution in [3.8, 4) is 5.75 Å². The van der Waals surface area contributed by atoms with E-state index in [1.807, 2.05) is 75.6 Å². The van der Waals surface area contributed by atoms with Gasteiger partial charge in [0.15, 0.2) is 0 Å². The van der Waals surface area contributed by atoms with E-state index in [4.69, 9.17) is 33.3 Å². The summed E-state index contributed by atoms with van der Waals surface area (Å²) in [7, 11) is 1.57. The molecule has 0 radical (unpaired) electrons. The maximum absolute atomic E-state index is 12.6. The molecule has 6 heteroatoms. The van der Waals surface area contributed by atoms with Crippen LogP contribution in [0.15, 0.2) is 36.4 Å². The van der Waals surface area contributed by atoms with E-state index in [2.05, 4.69) is 0 Å². The van der Waals surface area contributed by atoms with Gasteiger partial charge in [0.1, 0.15) is 16.3 Å². The maximum Gasteiger partial charge on any atom is 0.310 e. The zero-order valence-corrected chi connectivity index (χ0v) is 19.7. The fourth-order valence-electron chi connectivity index (χ4n) is 3.47. The lowest BCUT2D eigenvalue weighted by molar-refractivity contribution is -0.153. The molecule has 3 rings (SSSR count). The number of halogens is 1. The Hall–Kier alpha value is -2.37. The highest BCUT2D eigenvalue weighted by atomic mass is 35.5. The second-order valence-corrected chi connectivity index (χ2v) is 9.13. The van der Waals surface area contributed by atoms with Crippen molar-refractivity contribution in [3.63, 3.8) is 0 Å². The molecule has 0 saturated carbocycles. The highest BCUT2D eigenvalue weighted by molar-refractivity contribution is 7.80. The van der Waals surface area contributed by atoms with Gasteiger partial charge in [-0.15, -0.1) is 0 Å². The fourth-order valence-corrected chi connectivity index (χ4v) is 4.08. The van der Waals surface area contributed by atoms with Gasteiger partial charge >= 0.3 is 5.97 Å². The number of hydrogen-bond acceptors (Lipinski definition) is 4. The normalized spacial score (nSPS) is 11.6. The predicted octanol–water partition coefficient (Wildman–Crippen LogP) is 6.03. The molecule has 30 heavy (non-hydrogen) atoms. The molecule has 0 atom stereocenters. The first kappa shape index (κ1) is 22.3. The zero-order chi connectivity index (χ0) is 22.2. The first-order valence-electron chi connectivity index (χ1n) is 9.72. The third-order valence-electron chi connectivity index (χ3n) is 4.85. The van der Waals surface area contributed by atoms with Crippen LogP contribution in [0.2, 0.25) is 5.02 Å². The van der Waals surface area contributed by atoms with E-state index in [0.29, 0.717) is 15.8 Å². The highest BCUT2D eigenvalue weighted by Gasteiger charge is 2.24. The Morgan fingerprint density at radius 3 is 2.33 bits per heavy atom. The Balaban J connectivity index is 2.18. The van der Waals surface area contributed by atoms with Gasteiger partial charge in [-0.1, -0.05) is 53.6 Å². The van der Waals surface area contributed by atoms with E-state index in [9.17, 15) is 4.79 Å². The predicted molar refractivity (Wildman–Crippen MR) is 126 cm³/mol. The number of aromatic nitrogens is 1. The van der Waals surface area contributed by atoms with Crippen molar-refractivity contribution in [2.24, 2.45) is 0 Å². The van der Waals surface area contributed by atoms with Gasteiger partial charge in [0, 0.05) is 16.6 Å². The molecular weight excluding hydrogens is 418 g/mol. The van der Waals surface area contributed by atoms with E-state index < -0.39 is 5.60 Å². The van der Waals surface area contributed by atoms with Gasteiger partial charge in [-0.25, -0.2) is 0 Å². The van der Waals surface area contributed by atoms with Gasteiger partial charge < -0.3 is 14.0 Å². The van der Waals surface area contributed by atoms with Crippen molar-refractivity contribution in [2.45, 2.75) is 46.6 Å². The minimum absolute atomic E-state index is 0.133. The number of ether oxygens (including phenoxy) is 2. The van der Waals surface area contributed by atoms with Crippen molar-refractivity contribution in [1.29, 1.82) is 0 Å². The number of carbonyl (C=O) groups excluding carboxylic acids is 1. The summed E-state index contributed by atoms with van der Waals surface area (Å²) in [4.78, 5) is 13.3. The molecule has 0 spiro atoms. The first-order chi connectivity index (χ1) is 14.0. The van der Waals surface area contributed by atoms with Crippen LogP contribution in [0.5, 0.6) is 5.75 Å². The molecule has 0 aliphatic carbocycles. The van der Waals surface area contributed by atoms with Crippen molar-refractivity contribution >= 4 is 45.7 Å². The van der Waals surface area contributed by atoms with E-state index in [1.54, 1.807) is 7.11 Å².